The zero-order valence-electron chi connectivity index (χ0n) is 13.4. The third-order valence-corrected chi connectivity index (χ3v) is 6.00. The molecule has 1 rings (SSSR count). The molecule has 0 aromatic rings. The molecule has 19 heavy (non-hydrogen) atoms. The molecule has 0 radical (unpaired) electrons. The summed E-state index contributed by atoms with van der Waals surface area (Å²) in [5.74, 6) is 1.48. The van der Waals surface area contributed by atoms with Gasteiger partial charge in [0.2, 0.25) is 0 Å². The quantitative estimate of drug-likeness (QED) is 0.660. The predicted octanol–water partition coefficient (Wildman–Crippen LogP) is 4.02. The van der Waals surface area contributed by atoms with Crippen molar-refractivity contribution in [2.75, 3.05) is 0 Å². The molecule has 110 valence electrons. The normalized spacial score (nSPS) is 24.2. The third kappa shape index (κ3) is 7.57. The minimum Gasteiger partial charge on any atom is -0.339 e. The molecule has 0 aliphatic heterocycles. The van der Waals surface area contributed by atoms with Gasteiger partial charge in [-0.2, -0.15) is 39.5 Å². The van der Waals surface area contributed by atoms with E-state index in [0.29, 0.717) is 6.42 Å². The Bertz CT molecular complexity index is 326. The Hall–Kier alpha value is 1.05. The Balaban J connectivity index is 0. The van der Waals surface area contributed by atoms with Gasteiger partial charge in [-0.1, -0.05) is 0 Å². The molecule has 0 bridgehead atoms. The van der Waals surface area contributed by atoms with Crippen LogP contribution < -0.4 is 0 Å². The van der Waals surface area contributed by atoms with Crippen molar-refractivity contribution in [3.8, 4) is 0 Å². The topological polar surface area (TPSA) is 34.1 Å². The average Bonchev–Trinajstić information content (AvgIpc) is 2.15. The molecule has 0 N–H and O–H groups in total. The first-order valence-corrected chi connectivity index (χ1v) is 8.19. The van der Waals surface area contributed by atoms with Crippen molar-refractivity contribution in [3.05, 3.63) is 19.3 Å². The number of rotatable bonds is 1. The first-order valence-electron chi connectivity index (χ1n) is 6.65. The molecular weight excluding hydrogens is 333 g/mol. The van der Waals surface area contributed by atoms with Crippen LogP contribution in [0.1, 0.15) is 60.8 Å². The van der Waals surface area contributed by atoms with Crippen molar-refractivity contribution >= 4 is 9.84 Å². The number of hydrogen-bond donors (Lipinski definition) is 0. The van der Waals surface area contributed by atoms with Gasteiger partial charge in [0, 0.05) is 5.25 Å². The predicted molar refractivity (Wildman–Crippen MR) is 79.7 cm³/mol. The van der Waals surface area contributed by atoms with Crippen molar-refractivity contribution in [3.63, 3.8) is 0 Å². The second-order valence-corrected chi connectivity index (χ2v) is 9.48. The van der Waals surface area contributed by atoms with Crippen LogP contribution in [0.5, 0.6) is 0 Å². The fourth-order valence-corrected chi connectivity index (χ4v) is 3.77. The summed E-state index contributed by atoms with van der Waals surface area (Å²) >= 11 is 0. The van der Waals surface area contributed by atoms with Crippen LogP contribution >= 0.6 is 0 Å². The molecule has 0 spiro atoms. The van der Waals surface area contributed by atoms with Crippen LogP contribution in [0, 0.1) is 25.2 Å². The van der Waals surface area contributed by atoms with Crippen LogP contribution in [0.15, 0.2) is 0 Å². The Kier molecular flexibility index (Phi) is 10.8. The molecule has 2 atom stereocenters. The zero-order valence-corrected chi connectivity index (χ0v) is 17.0. The molecular formula is C15H29O2SY. The summed E-state index contributed by atoms with van der Waals surface area (Å²) in [6, 6.07) is 0. The fraction of sp³-hybridized carbons (Fsp3) is 0.800. The molecule has 0 aromatic heterocycles. The summed E-state index contributed by atoms with van der Waals surface area (Å²) in [5.41, 5.74) is 0. The summed E-state index contributed by atoms with van der Waals surface area (Å²) < 4.78 is 23.7. The van der Waals surface area contributed by atoms with Crippen molar-refractivity contribution in [1.82, 2.24) is 0 Å². The third-order valence-electron chi connectivity index (χ3n) is 2.92. The van der Waals surface area contributed by atoms with E-state index in [1.807, 2.05) is 0 Å². The monoisotopic (exact) mass is 362 g/mol. The van der Waals surface area contributed by atoms with Gasteiger partial charge in [-0.15, -0.1) is 6.42 Å². The Morgan fingerprint density at radius 3 is 1.95 bits per heavy atom. The first-order chi connectivity index (χ1) is 8.00. The van der Waals surface area contributed by atoms with Gasteiger partial charge in [-0.25, -0.2) is 8.42 Å². The molecule has 0 aromatic carbocycles. The number of hydrogen-bond acceptors (Lipinski definition) is 2. The maximum atomic E-state index is 12.2. The van der Waals surface area contributed by atoms with Gasteiger partial charge in [0.1, 0.15) is 0 Å². The average molecular weight is 362 g/mol. The number of sulfone groups is 1. The van der Waals surface area contributed by atoms with Gasteiger partial charge in [0.15, 0.2) is 9.84 Å². The molecule has 2 nitrogen and oxygen atoms in total. The molecule has 1 aliphatic carbocycles. The van der Waals surface area contributed by atoms with Crippen molar-refractivity contribution in [2.24, 2.45) is 5.92 Å². The summed E-state index contributed by atoms with van der Waals surface area (Å²) in [5, 5.41) is -0.267. The molecule has 0 saturated heterocycles. The molecule has 1 aliphatic rings. The van der Waals surface area contributed by atoms with Gasteiger partial charge in [0.05, 0.1) is 4.75 Å². The summed E-state index contributed by atoms with van der Waals surface area (Å²) in [4.78, 5) is 0. The maximum absolute atomic E-state index is 12.2. The smallest absolute Gasteiger partial charge is 0.339 e. The first kappa shape index (κ1) is 22.3. The Labute approximate surface area is 146 Å². The van der Waals surface area contributed by atoms with Gasteiger partial charge < -0.3 is 19.3 Å². The minimum atomic E-state index is -3.04. The molecule has 1 fully saturated rings. The second kappa shape index (κ2) is 9.15. The van der Waals surface area contributed by atoms with Crippen LogP contribution in [-0.4, -0.2) is 18.4 Å². The van der Waals surface area contributed by atoms with Gasteiger partial charge in [0.25, 0.3) is 0 Å². The molecule has 1 saturated carbocycles. The SMILES string of the molecule is C[C-](C)C.[CH2-]C1CC[CH-]CC1S(=O)(=O)C(C)(C)C.[Y+3]. The molecule has 4 heteroatoms. The Morgan fingerprint density at radius 1 is 1.21 bits per heavy atom. The van der Waals surface area contributed by atoms with Crippen LogP contribution in [0.4, 0.5) is 0 Å². The maximum Gasteiger partial charge on any atom is 3.00 e. The van der Waals surface area contributed by atoms with Crippen LogP contribution in [0.3, 0.4) is 0 Å². The van der Waals surface area contributed by atoms with E-state index < -0.39 is 14.6 Å². The largest absolute Gasteiger partial charge is 3.00 e. The molecule has 0 amide bonds. The summed E-state index contributed by atoms with van der Waals surface area (Å²) in [6.45, 7) is 15.5. The molecule has 2 unspecified atom stereocenters. The summed E-state index contributed by atoms with van der Waals surface area (Å²) in [6.07, 6.45) is 4.66. The Morgan fingerprint density at radius 2 is 1.63 bits per heavy atom. The van der Waals surface area contributed by atoms with E-state index in [4.69, 9.17) is 0 Å². The van der Waals surface area contributed by atoms with Crippen LogP contribution in [0.2, 0.25) is 0 Å². The van der Waals surface area contributed by atoms with E-state index >= 15 is 0 Å². The van der Waals surface area contributed by atoms with E-state index in [2.05, 4.69) is 34.1 Å². The van der Waals surface area contributed by atoms with Gasteiger partial charge in [-0.05, 0) is 20.8 Å². The summed E-state index contributed by atoms with van der Waals surface area (Å²) in [7, 11) is -3.04. The fourth-order valence-electron chi connectivity index (χ4n) is 1.83. The van der Waals surface area contributed by atoms with E-state index in [-0.39, 0.29) is 43.9 Å². The molecule has 0 heterocycles. The van der Waals surface area contributed by atoms with E-state index in [1.54, 1.807) is 20.8 Å². The second-order valence-electron chi connectivity index (χ2n) is 6.56. The standard InChI is InChI=1S/C11H20O2S.C4H9.Y/c1-9-7-5-6-8-10(9)14(12,13)11(2,3)4;1-4(2)3;/h6,9-10H,1,5,7-8H2,2-4H3;1-3H3;/q-2;-1;+3. The van der Waals surface area contributed by atoms with Crippen molar-refractivity contribution in [2.45, 2.75) is 70.8 Å². The van der Waals surface area contributed by atoms with Crippen molar-refractivity contribution < 1.29 is 41.1 Å². The van der Waals surface area contributed by atoms with Gasteiger partial charge >= 0.3 is 32.7 Å². The van der Waals surface area contributed by atoms with Crippen molar-refractivity contribution in [1.29, 1.82) is 0 Å². The van der Waals surface area contributed by atoms with E-state index in [1.165, 1.54) is 5.92 Å². The minimum absolute atomic E-state index is 0. The van der Waals surface area contributed by atoms with Crippen LogP contribution in [0.25, 0.3) is 0 Å². The van der Waals surface area contributed by atoms with E-state index in [0.717, 1.165) is 12.8 Å². The zero-order chi connectivity index (χ0) is 14.6. The van der Waals surface area contributed by atoms with Gasteiger partial charge in [-0.3, -0.25) is 0 Å². The van der Waals surface area contributed by atoms with Crippen LogP contribution in [-0.2, 0) is 42.5 Å². The van der Waals surface area contributed by atoms with E-state index in [9.17, 15) is 8.42 Å².